The summed E-state index contributed by atoms with van der Waals surface area (Å²) < 4.78 is 22.7. The van der Waals surface area contributed by atoms with Crippen LogP contribution in [-0.2, 0) is 33.3 Å². The number of likely N-dealkylation sites (N-methyl/N-ethyl adjacent to an activating group) is 1. The summed E-state index contributed by atoms with van der Waals surface area (Å²) in [5.74, 6) is -2.32. The molecule has 0 radical (unpaired) electrons. The SMILES string of the molecule is CC/C=C\C/C=C\C/C=C\C/C=C\C/C=C\C/C=C\C/C=C\CCCCCCCCCCCCCC(=O)OC(COC(=O)CCCCCCCC/C=C\C/C=C\C/C=C\C/C=C\C/C=C\C/C=C\CC)COC(OCC[N+](C)(C)C)C(=O)[O-]. The highest BCUT2D eigenvalue weighted by atomic mass is 16.7. The van der Waals surface area contributed by atoms with E-state index in [1.54, 1.807) is 0 Å². The molecule has 0 amide bonds. The summed E-state index contributed by atoms with van der Waals surface area (Å²) >= 11 is 0. The first-order valence-electron chi connectivity index (χ1n) is 32.6. The van der Waals surface area contributed by atoms with Crippen molar-refractivity contribution in [2.45, 2.75) is 245 Å². The molecule has 0 bridgehead atoms. The Kier molecular flexibility index (Phi) is 59.1. The second kappa shape index (κ2) is 62.9. The minimum absolute atomic E-state index is 0.136. The Balaban J connectivity index is 4.25. The van der Waals surface area contributed by atoms with Gasteiger partial charge in [0.2, 0.25) is 0 Å². The number of ether oxygens (including phenoxy) is 4. The van der Waals surface area contributed by atoms with Crippen molar-refractivity contribution in [1.29, 1.82) is 0 Å². The van der Waals surface area contributed by atoms with Crippen molar-refractivity contribution in [3.63, 3.8) is 0 Å². The van der Waals surface area contributed by atoms with Crippen LogP contribution in [0.1, 0.15) is 232 Å². The van der Waals surface area contributed by atoms with Gasteiger partial charge in [-0.05, 0) is 122 Å². The van der Waals surface area contributed by atoms with Gasteiger partial charge >= 0.3 is 11.9 Å². The largest absolute Gasteiger partial charge is 0.545 e. The number of carboxylic acid groups (broad SMARTS) is 1. The highest BCUT2D eigenvalue weighted by Crippen LogP contribution is 2.15. The Morgan fingerprint density at radius 1 is 0.361 bits per heavy atom. The van der Waals surface area contributed by atoms with E-state index in [0.29, 0.717) is 23.9 Å². The molecule has 0 aromatic carbocycles. The third-order valence-corrected chi connectivity index (χ3v) is 13.3. The van der Waals surface area contributed by atoms with E-state index in [9.17, 15) is 19.5 Å². The van der Waals surface area contributed by atoms with E-state index in [1.165, 1.54) is 44.9 Å². The predicted octanol–water partition coefficient (Wildman–Crippen LogP) is 18.8. The van der Waals surface area contributed by atoms with Crippen molar-refractivity contribution in [2.75, 3.05) is 47.5 Å². The first kappa shape index (κ1) is 77.9. The molecule has 0 heterocycles. The third kappa shape index (κ3) is 64.3. The number of hydrogen-bond donors (Lipinski definition) is 0. The predicted molar refractivity (Wildman–Crippen MR) is 352 cm³/mol. The first-order valence-corrected chi connectivity index (χ1v) is 32.6. The lowest BCUT2D eigenvalue weighted by atomic mass is 10.0. The minimum Gasteiger partial charge on any atom is -0.545 e. The summed E-state index contributed by atoms with van der Waals surface area (Å²) in [6.45, 7) is 4.48. The van der Waals surface area contributed by atoms with Crippen LogP contribution in [0, 0.1) is 0 Å². The van der Waals surface area contributed by atoms with E-state index in [-0.39, 0.29) is 38.6 Å². The van der Waals surface area contributed by atoms with Gasteiger partial charge in [0.15, 0.2) is 12.4 Å². The van der Waals surface area contributed by atoms with Crippen LogP contribution in [0.3, 0.4) is 0 Å². The molecular formula is C74H119NO8. The normalized spacial score (nSPS) is 13.8. The summed E-state index contributed by atoms with van der Waals surface area (Å²) in [5.41, 5.74) is 0. The number of carboxylic acids is 1. The van der Waals surface area contributed by atoms with Crippen LogP contribution in [0.25, 0.3) is 0 Å². The molecule has 0 aromatic rings. The molecule has 0 saturated heterocycles. The van der Waals surface area contributed by atoms with Crippen LogP contribution in [-0.4, -0.2) is 82.3 Å². The second-order valence-corrected chi connectivity index (χ2v) is 22.3. The topological polar surface area (TPSA) is 111 Å². The van der Waals surface area contributed by atoms with Crippen molar-refractivity contribution < 1.29 is 42.9 Å². The van der Waals surface area contributed by atoms with Gasteiger partial charge in [-0.25, -0.2) is 0 Å². The molecule has 83 heavy (non-hydrogen) atoms. The maximum atomic E-state index is 12.9. The standard InChI is InChI=1S/C74H119NO8/c1-6-8-10-12-14-16-18-20-22-24-26-28-30-32-33-34-35-36-37-38-39-41-43-45-47-49-51-53-55-57-59-61-63-65-72(77)83-70(69-82-74(73(78)79)80-67-66-75(3,4)5)68-81-71(76)64-62-60-58-56-54-52-50-48-46-44-42-40-31-29-27-25-23-21-19-17-15-13-11-9-7-2/h8-11,14-17,20-23,26-29,32-33,35-36,38-40,42,46,48,70,74H,6-7,12-13,18-19,24-25,30-31,34,37,41,43-45,47,49-69H2,1-5H3/b10-8-,11-9-,16-14-,17-15-,22-20-,23-21-,28-26-,29-27-,33-32-,36-35-,39-38-,42-40-,48-46-. The minimum atomic E-state index is -1.64. The van der Waals surface area contributed by atoms with E-state index < -0.39 is 24.3 Å². The van der Waals surface area contributed by atoms with Crippen molar-refractivity contribution in [3.8, 4) is 0 Å². The average molecular weight is 1150 g/mol. The fraction of sp³-hybridized carbons (Fsp3) is 0.608. The highest BCUT2D eigenvalue weighted by molar-refractivity contribution is 5.70. The van der Waals surface area contributed by atoms with Crippen LogP contribution < -0.4 is 5.11 Å². The summed E-state index contributed by atoms with van der Waals surface area (Å²) in [6.07, 6.45) is 90.1. The molecule has 2 unspecified atom stereocenters. The van der Waals surface area contributed by atoms with Crippen LogP contribution in [0.15, 0.2) is 158 Å². The Hall–Kier alpha value is -5.09. The molecule has 2 atom stereocenters. The van der Waals surface area contributed by atoms with Crippen LogP contribution in [0.2, 0.25) is 0 Å². The van der Waals surface area contributed by atoms with E-state index in [0.717, 1.165) is 148 Å². The molecular weight excluding hydrogens is 1030 g/mol. The quantitative estimate of drug-likeness (QED) is 0.0195. The number of nitrogens with zero attached hydrogens (tertiary/aromatic N) is 1. The molecule has 9 heteroatoms. The number of hydrogen-bond acceptors (Lipinski definition) is 8. The number of carbonyl (C=O) groups excluding carboxylic acids is 3. The van der Waals surface area contributed by atoms with Gasteiger partial charge in [-0.15, -0.1) is 0 Å². The fourth-order valence-corrected chi connectivity index (χ4v) is 8.34. The summed E-state index contributed by atoms with van der Waals surface area (Å²) in [7, 11) is 5.91. The zero-order valence-corrected chi connectivity index (χ0v) is 53.2. The summed E-state index contributed by atoms with van der Waals surface area (Å²) in [5, 5.41) is 11.8. The number of rotatable bonds is 58. The van der Waals surface area contributed by atoms with Gasteiger partial charge < -0.3 is 33.3 Å². The molecule has 0 aromatic heterocycles. The third-order valence-electron chi connectivity index (χ3n) is 13.3. The van der Waals surface area contributed by atoms with E-state index in [2.05, 4.69) is 172 Å². The number of allylic oxidation sites excluding steroid dienone is 26. The number of esters is 2. The zero-order chi connectivity index (χ0) is 60.5. The molecule has 0 fully saturated rings. The molecule has 0 N–H and O–H groups in total. The van der Waals surface area contributed by atoms with Crippen LogP contribution in [0.4, 0.5) is 0 Å². The smallest absolute Gasteiger partial charge is 0.306 e. The fourth-order valence-electron chi connectivity index (χ4n) is 8.34. The lowest BCUT2D eigenvalue weighted by Gasteiger charge is -2.26. The Morgan fingerprint density at radius 2 is 0.651 bits per heavy atom. The molecule has 468 valence electrons. The van der Waals surface area contributed by atoms with Gasteiger partial charge in [0.25, 0.3) is 0 Å². The van der Waals surface area contributed by atoms with Crippen molar-refractivity contribution >= 4 is 17.9 Å². The van der Waals surface area contributed by atoms with Gasteiger partial charge in [-0.1, -0.05) is 255 Å². The highest BCUT2D eigenvalue weighted by Gasteiger charge is 2.22. The van der Waals surface area contributed by atoms with Crippen molar-refractivity contribution in [2.24, 2.45) is 0 Å². The van der Waals surface area contributed by atoms with Crippen molar-refractivity contribution in [1.82, 2.24) is 0 Å². The van der Waals surface area contributed by atoms with Gasteiger partial charge in [-0.2, -0.15) is 0 Å². The van der Waals surface area contributed by atoms with Crippen LogP contribution >= 0.6 is 0 Å². The molecule has 0 aliphatic carbocycles. The van der Waals surface area contributed by atoms with Crippen LogP contribution in [0.5, 0.6) is 0 Å². The van der Waals surface area contributed by atoms with Gasteiger partial charge in [-0.3, -0.25) is 9.59 Å². The first-order chi connectivity index (χ1) is 40.6. The monoisotopic (exact) mass is 1150 g/mol. The number of aliphatic carboxylic acids is 1. The molecule has 0 saturated carbocycles. The Bertz CT molecular complexity index is 1920. The second-order valence-electron chi connectivity index (χ2n) is 22.3. The molecule has 0 aliphatic rings. The van der Waals surface area contributed by atoms with E-state index in [4.69, 9.17) is 18.9 Å². The van der Waals surface area contributed by atoms with E-state index >= 15 is 0 Å². The zero-order valence-electron chi connectivity index (χ0n) is 53.2. The maximum absolute atomic E-state index is 12.9. The average Bonchev–Trinajstić information content (AvgIpc) is 3.46. The molecule has 0 rings (SSSR count). The summed E-state index contributed by atoms with van der Waals surface area (Å²) in [6, 6.07) is 0. The Labute approximate surface area is 508 Å². The van der Waals surface area contributed by atoms with Gasteiger partial charge in [0.1, 0.15) is 13.2 Å². The van der Waals surface area contributed by atoms with E-state index in [1.807, 2.05) is 21.1 Å². The maximum Gasteiger partial charge on any atom is 0.306 e. The van der Waals surface area contributed by atoms with Gasteiger partial charge in [0.05, 0.1) is 40.3 Å². The lowest BCUT2D eigenvalue weighted by molar-refractivity contribution is -0.870. The summed E-state index contributed by atoms with van der Waals surface area (Å²) in [4.78, 5) is 37.4. The number of unbranched alkanes of at least 4 members (excludes halogenated alkanes) is 17. The number of quaternary nitrogens is 1. The Morgan fingerprint density at radius 3 is 0.964 bits per heavy atom. The molecule has 0 aliphatic heterocycles. The lowest BCUT2D eigenvalue weighted by Crippen LogP contribution is -2.44. The molecule has 9 nitrogen and oxygen atoms in total. The number of carbonyl (C=O) groups is 3. The molecule has 0 spiro atoms. The van der Waals surface area contributed by atoms with Gasteiger partial charge in [0, 0.05) is 12.8 Å². The van der Waals surface area contributed by atoms with Crippen molar-refractivity contribution in [3.05, 3.63) is 158 Å².